The predicted molar refractivity (Wildman–Crippen MR) is 107 cm³/mol. The van der Waals surface area contributed by atoms with E-state index in [1.807, 2.05) is 35.1 Å². The maximum Gasteiger partial charge on any atom is 0.254 e. The van der Waals surface area contributed by atoms with Gasteiger partial charge in [-0.1, -0.05) is 6.07 Å². The van der Waals surface area contributed by atoms with Gasteiger partial charge >= 0.3 is 0 Å². The number of likely N-dealkylation sites (tertiary alicyclic amines) is 2. The van der Waals surface area contributed by atoms with E-state index in [9.17, 15) is 4.79 Å². The first-order chi connectivity index (χ1) is 13.2. The van der Waals surface area contributed by atoms with E-state index in [0.29, 0.717) is 6.04 Å². The van der Waals surface area contributed by atoms with Crippen LogP contribution >= 0.6 is 0 Å². The molecule has 2 aliphatic heterocycles. The summed E-state index contributed by atoms with van der Waals surface area (Å²) in [6.45, 7) is 6.53. The molecule has 1 aromatic heterocycles. The molecule has 5 heteroatoms. The van der Waals surface area contributed by atoms with Crippen molar-refractivity contribution in [3.8, 4) is 5.69 Å². The Labute approximate surface area is 162 Å². The molecule has 2 aromatic rings. The lowest BCUT2D eigenvalue weighted by Crippen LogP contribution is -2.45. The van der Waals surface area contributed by atoms with Crippen molar-refractivity contribution in [3.05, 3.63) is 47.8 Å². The van der Waals surface area contributed by atoms with Crippen LogP contribution in [0.15, 0.2) is 36.7 Å². The van der Waals surface area contributed by atoms with Crippen LogP contribution in [-0.4, -0.2) is 57.7 Å². The third-order valence-corrected chi connectivity index (χ3v) is 6.07. The maximum absolute atomic E-state index is 13.3. The van der Waals surface area contributed by atoms with Crippen molar-refractivity contribution >= 4 is 5.91 Å². The minimum absolute atomic E-state index is 0.175. The molecule has 1 aromatic carbocycles. The summed E-state index contributed by atoms with van der Waals surface area (Å²) in [5.41, 5.74) is 2.88. The molecular weight excluding hydrogens is 336 g/mol. The van der Waals surface area contributed by atoms with Crippen molar-refractivity contribution in [2.45, 2.75) is 51.5 Å². The van der Waals surface area contributed by atoms with Gasteiger partial charge in [-0.05, 0) is 82.3 Å². The van der Waals surface area contributed by atoms with Gasteiger partial charge in [-0.15, -0.1) is 0 Å². The first kappa shape index (κ1) is 18.2. The zero-order chi connectivity index (χ0) is 18.6. The normalized spacial score (nSPS) is 20.9. The van der Waals surface area contributed by atoms with Crippen molar-refractivity contribution < 1.29 is 4.79 Å². The lowest BCUT2D eigenvalue weighted by molar-refractivity contribution is 0.0588. The fourth-order valence-electron chi connectivity index (χ4n) is 4.47. The number of hydrogen-bond acceptors (Lipinski definition) is 3. The van der Waals surface area contributed by atoms with Crippen LogP contribution in [0.4, 0.5) is 0 Å². The number of carbonyl (C=O) groups is 1. The van der Waals surface area contributed by atoms with Gasteiger partial charge in [0.1, 0.15) is 0 Å². The van der Waals surface area contributed by atoms with Crippen LogP contribution in [0.3, 0.4) is 0 Å². The molecule has 0 saturated carbocycles. The van der Waals surface area contributed by atoms with Crippen molar-refractivity contribution in [1.29, 1.82) is 0 Å². The first-order valence-corrected chi connectivity index (χ1v) is 10.4. The van der Waals surface area contributed by atoms with Crippen molar-refractivity contribution in [2.75, 3.05) is 26.2 Å². The predicted octanol–water partition coefficient (Wildman–Crippen LogP) is 3.66. The van der Waals surface area contributed by atoms with Gasteiger partial charge in [0.2, 0.25) is 0 Å². The lowest BCUT2D eigenvalue weighted by Gasteiger charge is -2.37. The van der Waals surface area contributed by atoms with Gasteiger partial charge in [0.25, 0.3) is 5.91 Å². The monoisotopic (exact) mass is 366 g/mol. The Balaban J connectivity index is 1.50. The number of benzene rings is 1. The Kier molecular flexibility index (Phi) is 5.58. The van der Waals surface area contributed by atoms with Crippen molar-refractivity contribution in [3.63, 3.8) is 0 Å². The second kappa shape index (κ2) is 8.26. The molecule has 0 N–H and O–H groups in total. The maximum atomic E-state index is 13.3. The van der Waals surface area contributed by atoms with Gasteiger partial charge in [0.05, 0.1) is 5.69 Å². The average molecular weight is 367 g/mol. The Hall–Kier alpha value is -2.14. The van der Waals surface area contributed by atoms with Gasteiger partial charge in [-0.2, -0.15) is 5.10 Å². The highest BCUT2D eigenvalue weighted by atomic mass is 16.2. The summed E-state index contributed by atoms with van der Waals surface area (Å²) in [6.07, 6.45) is 10.9. The summed E-state index contributed by atoms with van der Waals surface area (Å²) in [5, 5.41) is 4.34. The van der Waals surface area contributed by atoms with Crippen molar-refractivity contribution in [1.82, 2.24) is 19.6 Å². The fourth-order valence-corrected chi connectivity index (χ4v) is 4.47. The molecule has 2 saturated heterocycles. The van der Waals surface area contributed by atoms with Gasteiger partial charge in [-0.25, -0.2) is 4.68 Å². The van der Waals surface area contributed by atoms with E-state index in [0.717, 1.165) is 49.2 Å². The van der Waals surface area contributed by atoms with E-state index in [2.05, 4.69) is 21.8 Å². The quantitative estimate of drug-likeness (QED) is 0.811. The molecule has 2 aliphatic rings. The molecule has 4 rings (SSSR count). The second-order valence-corrected chi connectivity index (χ2v) is 7.94. The molecule has 2 fully saturated rings. The molecule has 0 aliphatic carbocycles. The number of aromatic nitrogens is 2. The average Bonchev–Trinajstić information content (AvgIpc) is 3.40. The molecular formula is C22H30N4O. The van der Waals surface area contributed by atoms with E-state index < -0.39 is 0 Å². The highest BCUT2D eigenvalue weighted by molar-refractivity contribution is 5.95. The summed E-state index contributed by atoms with van der Waals surface area (Å²) in [7, 11) is 0. The number of aryl methyl sites for hydroxylation is 1. The Morgan fingerprint density at radius 1 is 1.15 bits per heavy atom. The summed E-state index contributed by atoms with van der Waals surface area (Å²) < 4.78 is 1.84. The number of rotatable bonds is 5. The molecule has 3 heterocycles. The largest absolute Gasteiger partial charge is 0.336 e. The Morgan fingerprint density at radius 2 is 1.96 bits per heavy atom. The molecule has 144 valence electrons. The first-order valence-electron chi connectivity index (χ1n) is 10.4. The van der Waals surface area contributed by atoms with Gasteiger partial charge < -0.3 is 9.80 Å². The molecule has 1 amide bonds. The molecule has 0 bridgehead atoms. The number of amides is 1. The Morgan fingerprint density at radius 3 is 2.74 bits per heavy atom. The van der Waals surface area contributed by atoms with Crippen LogP contribution in [0.5, 0.6) is 0 Å². The van der Waals surface area contributed by atoms with Gasteiger partial charge in [-0.3, -0.25) is 4.79 Å². The summed E-state index contributed by atoms with van der Waals surface area (Å²) >= 11 is 0. The standard InChI is InChI=1S/C22H30N4O/c1-18-8-9-19(17-21(18)26-15-6-11-23-26)22(27)25-14-3-2-7-20(25)10-16-24-12-4-5-13-24/h6,8-9,11,15,17,20H,2-5,7,10,12-14,16H2,1H3/t20-/m0/s1. The van der Waals surface area contributed by atoms with Crippen LogP contribution in [-0.2, 0) is 0 Å². The summed E-state index contributed by atoms with van der Waals surface area (Å²) in [6, 6.07) is 8.29. The van der Waals surface area contributed by atoms with E-state index in [1.165, 1.54) is 32.4 Å². The third kappa shape index (κ3) is 4.08. The highest BCUT2D eigenvalue weighted by Gasteiger charge is 2.28. The smallest absolute Gasteiger partial charge is 0.254 e. The topological polar surface area (TPSA) is 41.4 Å². The third-order valence-electron chi connectivity index (χ3n) is 6.07. The molecule has 0 spiro atoms. The number of carbonyl (C=O) groups excluding carboxylic acids is 1. The number of hydrogen-bond donors (Lipinski definition) is 0. The highest BCUT2D eigenvalue weighted by Crippen LogP contribution is 2.24. The minimum atomic E-state index is 0.175. The molecule has 5 nitrogen and oxygen atoms in total. The number of nitrogens with zero attached hydrogens (tertiary/aromatic N) is 4. The molecule has 27 heavy (non-hydrogen) atoms. The minimum Gasteiger partial charge on any atom is -0.336 e. The van der Waals surface area contributed by atoms with E-state index in [1.54, 1.807) is 6.20 Å². The van der Waals surface area contributed by atoms with Crippen LogP contribution < -0.4 is 0 Å². The zero-order valence-corrected chi connectivity index (χ0v) is 16.3. The van der Waals surface area contributed by atoms with Gasteiger partial charge in [0, 0.05) is 37.1 Å². The van der Waals surface area contributed by atoms with Crippen molar-refractivity contribution in [2.24, 2.45) is 0 Å². The van der Waals surface area contributed by atoms with E-state index >= 15 is 0 Å². The van der Waals surface area contributed by atoms with Crippen LogP contribution in [0.25, 0.3) is 5.69 Å². The fraction of sp³-hybridized carbons (Fsp3) is 0.545. The number of piperidine rings is 1. The molecule has 1 atom stereocenters. The van der Waals surface area contributed by atoms with Gasteiger partial charge in [0.15, 0.2) is 0 Å². The SMILES string of the molecule is Cc1ccc(C(=O)N2CCCC[C@H]2CCN2CCCC2)cc1-n1cccn1. The molecule has 0 radical (unpaired) electrons. The lowest BCUT2D eigenvalue weighted by atomic mass is 9.97. The second-order valence-electron chi connectivity index (χ2n) is 7.94. The summed E-state index contributed by atoms with van der Waals surface area (Å²) in [4.78, 5) is 18.0. The van der Waals surface area contributed by atoms with Crippen LogP contribution in [0, 0.1) is 6.92 Å². The zero-order valence-electron chi connectivity index (χ0n) is 16.3. The van der Waals surface area contributed by atoms with Crippen LogP contribution in [0.1, 0.15) is 54.4 Å². The summed E-state index contributed by atoms with van der Waals surface area (Å²) in [5.74, 6) is 0.175. The van der Waals surface area contributed by atoms with E-state index in [-0.39, 0.29) is 5.91 Å². The molecule has 0 unspecified atom stereocenters. The Bertz CT molecular complexity index is 765. The van der Waals surface area contributed by atoms with Crippen LogP contribution in [0.2, 0.25) is 0 Å². The van der Waals surface area contributed by atoms with E-state index in [4.69, 9.17) is 0 Å².